The van der Waals surface area contributed by atoms with Gasteiger partial charge < -0.3 is 4.90 Å². The molecule has 1 aromatic rings. The summed E-state index contributed by atoms with van der Waals surface area (Å²) in [7, 11) is 1.46. The molecule has 0 fully saturated rings. The lowest BCUT2D eigenvalue weighted by molar-refractivity contribution is 0.418. The summed E-state index contributed by atoms with van der Waals surface area (Å²) < 4.78 is 49.8. The average molecular weight is 292 g/mol. The van der Waals surface area contributed by atoms with E-state index in [-0.39, 0.29) is 23.0 Å². The fourth-order valence-electron chi connectivity index (χ4n) is 1.28. The van der Waals surface area contributed by atoms with Gasteiger partial charge in [-0.15, -0.1) is 0 Å². The van der Waals surface area contributed by atoms with Crippen molar-refractivity contribution in [3.63, 3.8) is 0 Å². The van der Waals surface area contributed by atoms with Crippen molar-refractivity contribution < 1.29 is 17.6 Å². The second kappa shape index (κ2) is 7.18. The third-order valence-electron chi connectivity index (χ3n) is 2.23. The first-order chi connectivity index (χ1) is 8.91. The molecule has 0 bridgehead atoms. The number of hydrogen-bond donors (Lipinski definition) is 1. The highest BCUT2D eigenvalue weighted by molar-refractivity contribution is 8.14. The van der Waals surface area contributed by atoms with Crippen molar-refractivity contribution in [2.75, 3.05) is 17.7 Å². The molecule has 0 saturated heterocycles. The van der Waals surface area contributed by atoms with E-state index < -0.39 is 17.7 Å². The predicted octanol–water partition coefficient (Wildman–Crippen LogP) is 4.24. The Balaban J connectivity index is 2.59. The van der Waals surface area contributed by atoms with Crippen LogP contribution in [0.4, 0.5) is 23.2 Å². The topological polar surface area (TPSA) is 27.1 Å². The summed E-state index contributed by atoms with van der Waals surface area (Å²) in [6.07, 6.45) is -0.876. The number of nitrogens with zero attached hydrogens (tertiary/aromatic N) is 1. The summed E-state index contributed by atoms with van der Waals surface area (Å²) >= 11 is 1.01. The van der Waals surface area contributed by atoms with Crippen molar-refractivity contribution in [1.29, 1.82) is 5.41 Å². The second-order valence-corrected chi connectivity index (χ2v) is 4.67. The van der Waals surface area contributed by atoms with Crippen LogP contribution < -0.4 is 4.90 Å². The Bertz CT molecular complexity index is 487. The van der Waals surface area contributed by atoms with E-state index in [0.29, 0.717) is 0 Å². The fourth-order valence-corrected chi connectivity index (χ4v) is 2.00. The van der Waals surface area contributed by atoms with Crippen LogP contribution in [0.2, 0.25) is 0 Å². The Morgan fingerprint density at radius 3 is 2.63 bits per heavy atom. The van der Waals surface area contributed by atoms with Crippen molar-refractivity contribution in [2.24, 2.45) is 0 Å². The molecular weight excluding hydrogens is 280 g/mol. The molecule has 7 heteroatoms. The zero-order valence-electron chi connectivity index (χ0n) is 10.1. The van der Waals surface area contributed by atoms with Crippen LogP contribution in [0.1, 0.15) is 6.42 Å². The minimum absolute atomic E-state index is 0.00169. The molecule has 0 unspecified atom stereocenters. The van der Waals surface area contributed by atoms with Gasteiger partial charge in [-0.25, -0.2) is 8.78 Å². The van der Waals surface area contributed by atoms with Crippen LogP contribution in [-0.4, -0.2) is 18.0 Å². The van der Waals surface area contributed by atoms with Gasteiger partial charge >= 0.3 is 0 Å². The molecule has 0 aliphatic rings. The number of amidine groups is 1. The lowest BCUT2D eigenvalue weighted by Crippen LogP contribution is -2.23. The molecule has 0 aromatic heterocycles. The second-order valence-electron chi connectivity index (χ2n) is 3.59. The van der Waals surface area contributed by atoms with Gasteiger partial charge in [0.1, 0.15) is 11.6 Å². The smallest absolute Gasteiger partial charge is 0.266 e. The Kier molecular flexibility index (Phi) is 5.88. The monoisotopic (exact) mass is 292 g/mol. The summed E-state index contributed by atoms with van der Waals surface area (Å²) in [5, 5.41) is 7.69. The number of rotatable bonds is 4. The Morgan fingerprint density at radius 2 is 2.05 bits per heavy atom. The van der Waals surface area contributed by atoms with Crippen molar-refractivity contribution >= 4 is 22.6 Å². The number of hydrogen-bond acceptors (Lipinski definition) is 2. The van der Waals surface area contributed by atoms with Crippen LogP contribution in [0.25, 0.3) is 0 Å². The van der Waals surface area contributed by atoms with E-state index in [1.807, 2.05) is 0 Å². The van der Waals surface area contributed by atoms with E-state index in [9.17, 15) is 17.6 Å². The zero-order valence-corrected chi connectivity index (χ0v) is 10.9. The number of anilines is 1. The quantitative estimate of drug-likeness (QED) is 0.389. The Hall–Kier alpha value is -1.50. The highest BCUT2D eigenvalue weighted by atomic mass is 32.2. The molecule has 1 rings (SSSR count). The normalized spacial score (nSPS) is 10.2. The number of allylic oxidation sites excluding steroid dienone is 1. The van der Waals surface area contributed by atoms with Gasteiger partial charge in [0.15, 0.2) is 5.17 Å². The molecule has 2 nitrogen and oxygen atoms in total. The fraction of sp³-hybridized carbons (Fsp3) is 0.250. The molecule has 104 valence electrons. The Morgan fingerprint density at radius 1 is 1.37 bits per heavy atom. The van der Waals surface area contributed by atoms with E-state index in [1.165, 1.54) is 18.0 Å². The maximum absolute atomic E-state index is 13.5. The molecule has 0 saturated carbocycles. The van der Waals surface area contributed by atoms with Gasteiger partial charge in [-0.3, -0.25) is 5.41 Å². The standard InChI is InChI=1S/C12H12F4N2S/c1-18(10-5-4-8(13)7-9(10)14)12(17)19-6-2-3-11(15)16/h3-5,7,17H,2,6H2,1H3. The van der Waals surface area contributed by atoms with Crippen molar-refractivity contribution in [3.8, 4) is 0 Å². The highest BCUT2D eigenvalue weighted by Gasteiger charge is 2.12. The van der Waals surface area contributed by atoms with Gasteiger partial charge in [0.05, 0.1) is 5.69 Å². The summed E-state index contributed by atoms with van der Waals surface area (Å²) in [5.41, 5.74) is 0.0612. The van der Waals surface area contributed by atoms with Gasteiger partial charge in [0.25, 0.3) is 6.08 Å². The van der Waals surface area contributed by atoms with E-state index in [0.717, 1.165) is 30.0 Å². The molecule has 0 aliphatic carbocycles. The minimum atomic E-state index is -1.76. The number of thioether (sulfide) groups is 1. The Labute approximate surface area is 112 Å². The van der Waals surface area contributed by atoms with E-state index in [2.05, 4.69) is 0 Å². The lowest BCUT2D eigenvalue weighted by atomic mass is 10.3. The first-order valence-electron chi connectivity index (χ1n) is 5.33. The first kappa shape index (κ1) is 15.6. The van der Waals surface area contributed by atoms with Gasteiger partial charge in [-0.05, 0) is 24.6 Å². The molecule has 0 amide bonds. The van der Waals surface area contributed by atoms with Gasteiger partial charge in [0.2, 0.25) is 0 Å². The summed E-state index contributed by atoms with van der Waals surface area (Å²) in [6.45, 7) is 0. The van der Waals surface area contributed by atoms with Crippen LogP contribution in [0.15, 0.2) is 30.4 Å². The molecule has 0 atom stereocenters. The molecule has 0 spiro atoms. The summed E-state index contributed by atoms with van der Waals surface area (Å²) in [5.74, 6) is -1.19. The number of nitrogens with one attached hydrogen (secondary N) is 1. The van der Waals surface area contributed by atoms with E-state index >= 15 is 0 Å². The largest absolute Gasteiger partial charge is 0.322 e. The van der Waals surface area contributed by atoms with E-state index in [4.69, 9.17) is 5.41 Å². The minimum Gasteiger partial charge on any atom is -0.322 e. The molecule has 1 N–H and O–H groups in total. The molecule has 19 heavy (non-hydrogen) atoms. The number of benzene rings is 1. The van der Waals surface area contributed by atoms with Crippen molar-refractivity contribution in [1.82, 2.24) is 0 Å². The lowest BCUT2D eigenvalue weighted by Gasteiger charge is -2.19. The third-order valence-corrected chi connectivity index (χ3v) is 3.22. The van der Waals surface area contributed by atoms with E-state index in [1.54, 1.807) is 0 Å². The highest BCUT2D eigenvalue weighted by Crippen LogP contribution is 2.22. The van der Waals surface area contributed by atoms with Gasteiger partial charge in [-0.2, -0.15) is 8.78 Å². The van der Waals surface area contributed by atoms with Gasteiger partial charge in [-0.1, -0.05) is 11.8 Å². The van der Waals surface area contributed by atoms with Crippen molar-refractivity contribution in [3.05, 3.63) is 42.0 Å². The molecular formula is C12H12F4N2S. The van der Waals surface area contributed by atoms with Crippen LogP contribution in [0.5, 0.6) is 0 Å². The maximum Gasteiger partial charge on any atom is 0.266 e. The van der Waals surface area contributed by atoms with Crippen LogP contribution in [0, 0.1) is 17.0 Å². The summed E-state index contributed by atoms with van der Waals surface area (Å²) in [6, 6.07) is 3.04. The maximum atomic E-state index is 13.5. The molecule has 0 radical (unpaired) electrons. The SMILES string of the molecule is CN(C(=N)SCCC=C(F)F)c1ccc(F)cc1F. The van der Waals surface area contributed by atoms with Crippen LogP contribution in [0.3, 0.4) is 0 Å². The first-order valence-corrected chi connectivity index (χ1v) is 6.31. The molecule has 0 aliphatic heterocycles. The zero-order chi connectivity index (χ0) is 14.4. The predicted molar refractivity (Wildman–Crippen MR) is 69.9 cm³/mol. The van der Waals surface area contributed by atoms with Crippen LogP contribution in [-0.2, 0) is 0 Å². The number of halogens is 4. The third kappa shape index (κ3) is 4.94. The average Bonchev–Trinajstić information content (AvgIpc) is 2.33. The van der Waals surface area contributed by atoms with Gasteiger partial charge in [0, 0.05) is 18.9 Å². The molecule has 0 heterocycles. The van der Waals surface area contributed by atoms with Crippen LogP contribution >= 0.6 is 11.8 Å². The molecule has 1 aromatic carbocycles. The summed E-state index contributed by atoms with van der Waals surface area (Å²) in [4.78, 5) is 1.23. The van der Waals surface area contributed by atoms with Crippen molar-refractivity contribution in [2.45, 2.75) is 6.42 Å².